The van der Waals surface area contributed by atoms with E-state index in [-0.39, 0.29) is 11.9 Å². The summed E-state index contributed by atoms with van der Waals surface area (Å²) in [7, 11) is 2.06. The predicted molar refractivity (Wildman–Crippen MR) is 91.8 cm³/mol. The number of hydrogen-bond donors (Lipinski definition) is 0. The summed E-state index contributed by atoms with van der Waals surface area (Å²) >= 11 is 0. The number of nitrogens with zero attached hydrogens (tertiary/aromatic N) is 4. The van der Waals surface area contributed by atoms with Crippen molar-refractivity contribution in [2.45, 2.75) is 52.6 Å². The highest BCUT2D eigenvalue weighted by Gasteiger charge is 2.44. The van der Waals surface area contributed by atoms with Gasteiger partial charge in [-0.05, 0) is 38.1 Å². The molecular weight excluding hydrogens is 288 g/mol. The minimum Gasteiger partial charge on any atom is -0.339 e. The number of hydrogen-bond acceptors (Lipinski definition) is 4. The predicted octanol–water partition coefficient (Wildman–Crippen LogP) is 1.80. The summed E-state index contributed by atoms with van der Waals surface area (Å²) in [4.78, 5) is 18.9. The summed E-state index contributed by atoms with van der Waals surface area (Å²) in [5.41, 5.74) is 0.408. The molecule has 5 heteroatoms. The number of nitriles is 1. The summed E-state index contributed by atoms with van der Waals surface area (Å²) in [6.45, 7) is 12.3. The van der Waals surface area contributed by atoms with Crippen molar-refractivity contribution in [3.8, 4) is 6.07 Å². The van der Waals surface area contributed by atoms with Gasteiger partial charge in [0, 0.05) is 32.2 Å². The average molecular weight is 320 g/mol. The van der Waals surface area contributed by atoms with Gasteiger partial charge in [0.05, 0.1) is 12.6 Å². The third-order valence-corrected chi connectivity index (χ3v) is 5.92. The van der Waals surface area contributed by atoms with Crippen LogP contribution in [-0.4, -0.2) is 72.5 Å². The zero-order valence-corrected chi connectivity index (χ0v) is 15.4. The number of carbonyl (C=O) groups is 1. The summed E-state index contributed by atoms with van der Waals surface area (Å²) in [6.07, 6.45) is 2.55. The molecule has 2 rings (SSSR count). The lowest BCUT2D eigenvalue weighted by atomic mass is 9.99. The fraction of sp³-hybridized carbons (Fsp3) is 0.889. The second kappa shape index (κ2) is 7.19. The zero-order valence-electron chi connectivity index (χ0n) is 15.4. The molecule has 1 saturated carbocycles. The molecule has 0 unspecified atom stereocenters. The van der Waals surface area contributed by atoms with Crippen LogP contribution in [0, 0.1) is 22.7 Å². The largest absolute Gasteiger partial charge is 0.339 e. The fourth-order valence-electron chi connectivity index (χ4n) is 3.50. The minimum absolute atomic E-state index is 0.0373. The molecule has 0 aromatic carbocycles. The second-order valence-corrected chi connectivity index (χ2v) is 7.98. The molecule has 1 aliphatic heterocycles. The van der Waals surface area contributed by atoms with Gasteiger partial charge in [0.15, 0.2) is 0 Å². The topological polar surface area (TPSA) is 50.6 Å². The summed E-state index contributed by atoms with van der Waals surface area (Å²) in [6, 6.07) is 2.82. The third-order valence-electron chi connectivity index (χ3n) is 5.92. The lowest BCUT2D eigenvalue weighted by Gasteiger charge is -2.39. The maximum absolute atomic E-state index is 12.5. The van der Waals surface area contributed by atoms with Crippen LogP contribution in [0.15, 0.2) is 0 Å². The van der Waals surface area contributed by atoms with Gasteiger partial charge in [0.1, 0.15) is 6.04 Å². The number of piperazine rings is 1. The van der Waals surface area contributed by atoms with Gasteiger partial charge in [-0.15, -0.1) is 0 Å². The van der Waals surface area contributed by atoms with Gasteiger partial charge >= 0.3 is 0 Å². The van der Waals surface area contributed by atoms with E-state index < -0.39 is 0 Å². The highest BCUT2D eigenvalue weighted by atomic mass is 16.2. The van der Waals surface area contributed by atoms with Crippen LogP contribution in [-0.2, 0) is 4.79 Å². The van der Waals surface area contributed by atoms with Gasteiger partial charge < -0.3 is 4.90 Å². The summed E-state index contributed by atoms with van der Waals surface area (Å²) in [5, 5.41) is 9.31. The Kier molecular flexibility index (Phi) is 5.70. The van der Waals surface area contributed by atoms with Crippen LogP contribution in [0.3, 0.4) is 0 Å². The summed E-state index contributed by atoms with van der Waals surface area (Å²) < 4.78 is 0. The second-order valence-electron chi connectivity index (χ2n) is 7.98. The third kappa shape index (κ3) is 4.24. The van der Waals surface area contributed by atoms with E-state index in [0.717, 1.165) is 26.2 Å². The van der Waals surface area contributed by atoms with E-state index in [9.17, 15) is 10.1 Å². The van der Waals surface area contributed by atoms with E-state index in [1.807, 2.05) is 4.90 Å². The van der Waals surface area contributed by atoms with Gasteiger partial charge in [-0.3, -0.25) is 14.6 Å². The van der Waals surface area contributed by atoms with E-state index in [4.69, 9.17) is 0 Å². The van der Waals surface area contributed by atoms with Crippen LogP contribution in [0.5, 0.6) is 0 Å². The Labute approximate surface area is 141 Å². The van der Waals surface area contributed by atoms with Crippen molar-refractivity contribution in [3.63, 3.8) is 0 Å². The molecule has 2 atom stereocenters. The molecular formula is C18H32N4O. The van der Waals surface area contributed by atoms with E-state index in [2.05, 4.69) is 50.6 Å². The lowest BCUT2D eigenvalue weighted by molar-refractivity contribution is -0.134. The van der Waals surface area contributed by atoms with Gasteiger partial charge in [-0.25, -0.2) is 0 Å². The first kappa shape index (κ1) is 18.2. The Morgan fingerprint density at radius 3 is 2.22 bits per heavy atom. The molecule has 0 radical (unpaired) electrons. The van der Waals surface area contributed by atoms with Crippen molar-refractivity contribution >= 4 is 5.91 Å². The molecule has 2 aliphatic rings. The SMILES string of the molecule is CC(C)[C@@H](C#N)N1CCN(C(=O)CN(C)[C@@H](C)C2(C)CC2)CC1. The first-order valence-corrected chi connectivity index (χ1v) is 8.90. The number of likely N-dealkylation sites (N-methyl/N-ethyl adjacent to an activating group) is 1. The van der Waals surface area contributed by atoms with Crippen LogP contribution in [0.25, 0.3) is 0 Å². The average Bonchev–Trinajstić information content (AvgIpc) is 3.26. The Balaban J connectivity index is 1.80. The molecule has 0 aromatic heterocycles. The highest BCUT2D eigenvalue weighted by molar-refractivity contribution is 5.78. The van der Waals surface area contributed by atoms with Crippen LogP contribution < -0.4 is 0 Å². The maximum atomic E-state index is 12.5. The molecule has 130 valence electrons. The van der Waals surface area contributed by atoms with E-state index in [0.29, 0.717) is 23.9 Å². The molecule has 1 saturated heterocycles. The smallest absolute Gasteiger partial charge is 0.236 e. The quantitative estimate of drug-likeness (QED) is 0.749. The standard InChI is InChI=1S/C18H32N4O/c1-14(2)16(12-19)21-8-10-22(11-9-21)17(23)13-20(5)15(3)18(4)6-7-18/h14-16H,6-11,13H2,1-5H3/t15-,16+/m0/s1. The van der Waals surface area contributed by atoms with E-state index in [1.54, 1.807) is 0 Å². The zero-order chi connectivity index (χ0) is 17.2. The lowest BCUT2D eigenvalue weighted by Crippen LogP contribution is -2.54. The van der Waals surface area contributed by atoms with Gasteiger partial charge in [0.25, 0.3) is 0 Å². The Morgan fingerprint density at radius 1 is 1.22 bits per heavy atom. The molecule has 5 nitrogen and oxygen atoms in total. The molecule has 1 heterocycles. The summed E-state index contributed by atoms with van der Waals surface area (Å²) in [5.74, 6) is 0.551. The number of carbonyl (C=O) groups excluding carboxylic acids is 1. The number of rotatable bonds is 6. The highest BCUT2D eigenvalue weighted by Crippen LogP contribution is 2.49. The van der Waals surface area contributed by atoms with Gasteiger partial charge in [0.2, 0.25) is 5.91 Å². The van der Waals surface area contributed by atoms with Gasteiger partial charge in [-0.1, -0.05) is 20.8 Å². The van der Waals surface area contributed by atoms with Crippen molar-refractivity contribution in [2.24, 2.45) is 11.3 Å². The molecule has 1 aliphatic carbocycles. The van der Waals surface area contributed by atoms with Gasteiger partial charge in [-0.2, -0.15) is 5.26 Å². The van der Waals surface area contributed by atoms with Crippen LogP contribution in [0.1, 0.15) is 40.5 Å². The molecule has 0 spiro atoms. The first-order chi connectivity index (χ1) is 10.8. The van der Waals surface area contributed by atoms with Crippen LogP contribution in [0.2, 0.25) is 0 Å². The first-order valence-electron chi connectivity index (χ1n) is 8.90. The van der Waals surface area contributed by atoms with Crippen molar-refractivity contribution < 1.29 is 4.79 Å². The monoisotopic (exact) mass is 320 g/mol. The van der Waals surface area contributed by atoms with Crippen LogP contribution in [0.4, 0.5) is 0 Å². The molecule has 1 amide bonds. The van der Waals surface area contributed by atoms with Crippen molar-refractivity contribution in [2.75, 3.05) is 39.8 Å². The maximum Gasteiger partial charge on any atom is 0.236 e. The van der Waals surface area contributed by atoms with E-state index in [1.165, 1.54) is 12.8 Å². The fourth-order valence-corrected chi connectivity index (χ4v) is 3.50. The Morgan fingerprint density at radius 2 is 1.78 bits per heavy atom. The van der Waals surface area contributed by atoms with Crippen molar-refractivity contribution in [3.05, 3.63) is 0 Å². The van der Waals surface area contributed by atoms with Crippen molar-refractivity contribution in [1.82, 2.24) is 14.7 Å². The molecule has 0 N–H and O–H groups in total. The Bertz CT molecular complexity index is 458. The normalized spacial score (nSPS) is 23.7. The molecule has 2 fully saturated rings. The number of amides is 1. The Hall–Kier alpha value is -1.12. The van der Waals surface area contributed by atoms with Crippen LogP contribution >= 0.6 is 0 Å². The van der Waals surface area contributed by atoms with Crippen molar-refractivity contribution in [1.29, 1.82) is 5.26 Å². The molecule has 0 bridgehead atoms. The van der Waals surface area contributed by atoms with E-state index >= 15 is 0 Å². The minimum atomic E-state index is -0.0373. The molecule has 23 heavy (non-hydrogen) atoms. The molecule has 0 aromatic rings.